The highest BCUT2D eigenvalue weighted by Crippen LogP contribution is 2.30. The molecule has 1 saturated carbocycles. The minimum atomic E-state index is 0.217. The molecule has 0 aromatic carbocycles. The second kappa shape index (κ2) is 3.02. The van der Waals surface area contributed by atoms with Gasteiger partial charge in [-0.3, -0.25) is 4.79 Å². The van der Waals surface area contributed by atoms with Gasteiger partial charge in [-0.15, -0.1) is 0 Å². The van der Waals surface area contributed by atoms with E-state index in [2.05, 4.69) is 4.98 Å². The van der Waals surface area contributed by atoms with Crippen LogP contribution in [0.15, 0.2) is 12.4 Å². The number of hydrogen-bond donors (Lipinski definition) is 0. The van der Waals surface area contributed by atoms with E-state index in [1.807, 2.05) is 6.07 Å². The summed E-state index contributed by atoms with van der Waals surface area (Å²) in [5.41, 5.74) is 0. The second-order valence-corrected chi connectivity index (χ2v) is 3.23. The molecule has 0 spiro atoms. The molecular weight excluding hydrogens is 166 g/mol. The minimum absolute atomic E-state index is 0.217. The maximum Gasteiger partial charge on any atom is 0.213 e. The summed E-state index contributed by atoms with van der Waals surface area (Å²) in [5.74, 6) is 0.775. The predicted octanol–water partition coefficient (Wildman–Crippen LogP) is 0.734. The number of imidazole rings is 1. The van der Waals surface area contributed by atoms with Crippen LogP contribution in [0, 0.1) is 17.2 Å². The lowest BCUT2D eigenvalue weighted by Gasteiger charge is -2.00. The average Bonchev–Trinajstić information content (AvgIpc) is 2.88. The highest BCUT2D eigenvalue weighted by Gasteiger charge is 2.29. The maximum atomic E-state index is 11.4. The Bertz CT molecular complexity index is 370. The zero-order valence-electron chi connectivity index (χ0n) is 7.10. The largest absolute Gasteiger partial charge is 0.315 e. The van der Waals surface area contributed by atoms with Crippen LogP contribution in [0.2, 0.25) is 0 Å². The van der Waals surface area contributed by atoms with Crippen molar-refractivity contribution in [2.45, 2.75) is 19.4 Å². The van der Waals surface area contributed by atoms with Gasteiger partial charge in [0.15, 0.2) is 5.78 Å². The summed E-state index contributed by atoms with van der Waals surface area (Å²) >= 11 is 0. The smallest absolute Gasteiger partial charge is 0.213 e. The van der Waals surface area contributed by atoms with Crippen molar-refractivity contribution in [3.05, 3.63) is 18.2 Å². The molecule has 1 fully saturated rings. The molecule has 1 aliphatic rings. The lowest BCUT2D eigenvalue weighted by molar-refractivity contribution is -0.120. The number of nitriles is 1. The lowest BCUT2D eigenvalue weighted by Crippen LogP contribution is -2.12. The van der Waals surface area contributed by atoms with Crippen LogP contribution in [0.3, 0.4) is 0 Å². The standard InChI is InChI=1S/C9H9N3O/c10-5-9-11-3-4-12(9)6-8(13)7-1-2-7/h3-4,7H,1-2,6H2. The lowest BCUT2D eigenvalue weighted by atomic mass is 10.2. The number of ketones is 1. The molecule has 0 saturated heterocycles. The third-order valence-corrected chi connectivity index (χ3v) is 2.17. The normalized spacial score (nSPS) is 15.3. The van der Waals surface area contributed by atoms with Crippen LogP contribution < -0.4 is 0 Å². The van der Waals surface area contributed by atoms with E-state index in [0.717, 1.165) is 12.8 Å². The van der Waals surface area contributed by atoms with Gasteiger partial charge >= 0.3 is 0 Å². The van der Waals surface area contributed by atoms with Crippen LogP contribution in [-0.4, -0.2) is 15.3 Å². The van der Waals surface area contributed by atoms with Crippen molar-refractivity contribution >= 4 is 5.78 Å². The summed E-state index contributed by atoms with van der Waals surface area (Å²) in [6, 6.07) is 1.94. The summed E-state index contributed by atoms with van der Waals surface area (Å²) in [6.45, 7) is 0.299. The van der Waals surface area contributed by atoms with Gasteiger partial charge in [0.1, 0.15) is 6.07 Å². The molecule has 13 heavy (non-hydrogen) atoms. The molecule has 0 aliphatic heterocycles. The van der Waals surface area contributed by atoms with Crippen molar-refractivity contribution in [3.8, 4) is 6.07 Å². The SMILES string of the molecule is N#Cc1nccn1CC(=O)C1CC1. The van der Waals surface area contributed by atoms with Crippen LogP contribution in [-0.2, 0) is 11.3 Å². The molecular formula is C9H9N3O. The highest BCUT2D eigenvalue weighted by molar-refractivity contribution is 5.83. The molecule has 1 aromatic rings. The van der Waals surface area contributed by atoms with E-state index in [1.165, 1.54) is 0 Å². The first kappa shape index (κ1) is 7.99. The van der Waals surface area contributed by atoms with Gasteiger partial charge in [-0.1, -0.05) is 0 Å². The Hall–Kier alpha value is -1.63. The van der Waals surface area contributed by atoms with E-state index in [1.54, 1.807) is 17.0 Å². The van der Waals surface area contributed by atoms with Crippen LogP contribution in [0.5, 0.6) is 0 Å². The van der Waals surface area contributed by atoms with E-state index in [4.69, 9.17) is 5.26 Å². The Kier molecular flexibility index (Phi) is 1.85. The van der Waals surface area contributed by atoms with Crippen LogP contribution in [0.4, 0.5) is 0 Å². The van der Waals surface area contributed by atoms with Gasteiger partial charge in [0.2, 0.25) is 5.82 Å². The number of Topliss-reactive ketones (excluding diaryl/α,β-unsaturated/α-hetero) is 1. The zero-order valence-corrected chi connectivity index (χ0v) is 7.10. The Morgan fingerprint density at radius 3 is 3.15 bits per heavy atom. The van der Waals surface area contributed by atoms with E-state index in [-0.39, 0.29) is 11.7 Å². The quantitative estimate of drug-likeness (QED) is 0.680. The van der Waals surface area contributed by atoms with Gasteiger partial charge in [0, 0.05) is 18.3 Å². The van der Waals surface area contributed by atoms with Crippen molar-refractivity contribution in [2.75, 3.05) is 0 Å². The molecule has 0 bridgehead atoms. The van der Waals surface area contributed by atoms with E-state index >= 15 is 0 Å². The molecule has 2 rings (SSSR count). The molecule has 4 nitrogen and oxygen atoms in total. The molecule has 66 valence electrons. The minimum Gasteiger partial charge on any atom is -0.315 e. The van der Waals surface area contributed by atoms with Crippen LogP contribution in [0.25, 0.3) is 0 Å². The molecule has 0 N–H and O–H groups in total. The number of hydrogen-bond acceptors (Lipinski definition) is 3. The maximum absolute atomic E-state index is 11.4. The van der Waals surface area contributed by atoms with E-state index < -0.39 is 0 Å². The fourth-order valence-corrected chi connectivity index (χ4v) is 1.25. The first-order valence-corrected chi connectivity index (χ1v) is 4.25. The molecule has 4 heteroatoms. The number of rotatable bonds is 3. The van der Waals surface area contributed by atoms with Crippen molar-refractivity contribution in [1.82, 2.24) is 9.55 Å². The van der Waals surface area contributed by atoms with Gasteiger partial charge in [0.25, 0.3) is 0 Å². The average molecular weight is 175 g/mol. The topological polar surface area (TPSA) is 58.7 Å². The molecule has 1 aromatic heterocycles. The van der Waals surface area contributed by atoms with Gasteiger partial charge in [-0.2, -0.15) is 5.26 Å². The van der Waals surface area contributed by atoms with Crippen molar-refractivity contribution in [2.24, 2.45) is 5.92 Å². The van der Waals surface area contributed by atoms with Crippen molar-refractivity contribution < 1.29 is 4.79 Å². The van der Waals surface area contributed by atoms with E-state index in [9.17, 15) is 4.79 Å². The summed E-state index contributed by atoms with van der Waals surface area (Å²) in [6.07, 6.45) is 5.22. The van der Waals surface area contributed by atoms with Gasteiger partial charge < -0.3 is 4.57 Å². The predicted molar refractivity (Wildman–Crippen MR) is 44.7 cm³/mol. The summed E-state index contributed by atoms with van der Waals surface area (Å²) in [4.78, 5) is 15.2. The molecule has 1 aliphatic carbocycles. The monoisotopic (exact) mass is 175 g/mol. The molecule has 0 radical (unpaired) electrons. The van der Waals surface area contributed by atoms with Gasteiger partial charge in [-0.25, -0.2) is 4.98 Å². The Morgan fingerprint density at radius 2 is 2.54 bits per heavy atom. The zero-order chi connectivity index (χ0) is 9.26. The van der Waals surface area contributed by atoms with Gasteiger partial charge in [0.05, 0.1) is 6.54 Å². The number of nitrogens with zero attached hydrogens (tertiary/aromatic N) is 3. The molecule has 0 unspecified atom stereocenters. The highest BCUT2D eigenvalue weighted by atomic mass is 16.1. The number of carbonyl (C=O) groups excluding carboxylic acids is 1. The number of aromatic nitrogens is 2. The van der Waals surface area contributed by atoms with Crippen LogP contribution >= 0.6 is 0 Å². The van der Waals surface area contributed by atoms with E-state index in [0.29, 0.717) is 12.4 Å². The summed E-state index contributed by atoms with van der Waals surface area (Å²) in [5, 5.41) is 8.63. The first-order valence-electron chi connectivity index (χ1n) is 4.25. The summed E-state index contributed by atoms with van der Waals surface area (Å²) in [7, 11) is 0. The summed E-state index contributed by atoms with van der Waals surface area (Å²) < 4.78 is 1.60. The fourth-order valence-electron chi connectivity index (χ4n) is 1.25. The van der Waals surface area contributed by atoms with Crippen molar-refractivity contribution in [1.29, 1.82) is 5.26 Å². The molecule has 0 atom stereocenters. The fraction of sp³-hybridized carbons (Fsp3) is 0.444. The first-order chi connectivity index (χ1) is 6.31. The Morgan fingerprint density at radius 1 is 1.77 bits per heavy atom. The Balaban J connectivity index is 2.08. The third kappa shape index (κ3) is 1.59. The second-order valence-electron chi connectivity index (χ2n) is 3.23. The van der Waals surface area contributed by atoms with Gasteiger partial charge in [-0.05, 0) is 12.8 Å². The van der Waals surface area contributed by atoms with Crippen LogP contribution in [0.1, 0.15) is 18.7 Å². The Labute approximate surface area is 75.8 Å². The molecule has 0 amide bonds. The third-order valence-electron chi connectivity index (χ3n) is 2.17. The number of carbonyl (C=O) groups is 1. The van der Waals surface area contributed by atoms with Crippen molar-refractivity contribution in [3.63, 3.8) is 0 Å². The molecule has 1 heterocycles.